The molecule has 1 saturated heterocycles. The van der Waals surface area contributed by atoms with Crippen molar-refractivity contribution in [1.29, 1.82) is 0 Å². The first-order valence-electron chi connectivity index (χ1n) is 10.4. The molecule has 1 aliphatic rings. The summed E-state index contributed by atoms with van der Waals surface area (Å²) < 4.78 is 38.9. The molecule has 0 saturated carbocycles. The minimum Gasteiger partial charge on any atom is -0.495 e. The van der Waals surface area contributed by atoms with Crippen molar-refractivity contribution in [3.05, 3.63) is 48.0 Å². The van der Waals surface area contributed by atoms with E-state index in [9.17, 15) is 13.2 Å². The van der Waals surface area contributed by atoms with E-state index in [2.05, 4.69) is 5.32 Å². The summed E-state index contributed by atoms with van der Waals surface area (Å²) in [6, 6.07) is 12.4. The smallest absolute Gasteiger partial charge is 0.246 e. The Labute approximate surface area is 184 Å². The van der Waals surface area contributed by atoms with E-state index in [-0.39, 0.29) is 23.3 Å². The first-order valence-corrected chi connectivity index (χ1v) is 11.8. The van der Waals surface area contributed by atoms with E-state index >= 15 is 0 Å². The highest BCUT2D eigenvalue weighted by atomic mass is 32.2. The second-order valence-corrected chi connectivity index (χ2v) is 9.86. The maximum atomic E-state index is 13.5. The lowest BCUT2D eigenvalue weighted by molar-refractivity contribution is -0.120. The summed E-state index contributed by atoms with van der Waals surface area (Å²) in [6.45, 7) is 4.52. The Morgan fingerprint density at radius 3 is 2.48 bits per heavy atom. The largest absolute Gasteiger partial charge is 0.495 e. The van der Waals surface area contributed by atoms with Crippen molar-refractivity contribution in [2.45, 2.75) is 37.5 Å². The van der Waals surface area contributed by atoms with Crippen molar-refractivity contribution in [2.24, 2.45) is 5.92 Å². The number of carbonyl (C=O) groups excluding carboxylic acids is 1. The number of rotatable bonds is 7. The fraction of sp³-hybridized carbons (Fsp3) is 0.435. The Bertz CT molecular complexity index is 1040. The van der Waals surface area contributed by atoms with E-state index in [1.165, 1.54) is 11.4 Å². The lowest BCUT2D eigenvalue weighted by Gasteiger charge is -2.31. The van der Waals surface area contributed by atoms with Crippen molar-refractivity contribution < 1.29 is 22.7 Å². The van der Waals surface area contributed by atoms with E-state index in [0.717, 1.165) is 5.56 Å². The van der Waals surface area contributed by atoms with Gasteiger partial charge in [-0.1, -0.05) is 32.0 Å². The molecule has 0 aromatic heterocycles. The van der Waals surface area contributed by atoms with Gasteiger partial charge in [-0.15, -0.1) is 0 Å². The minimum atomic E-state index is -3.81. The summed E-state index contributed by atoms with van der Waals surface area (Å²) >= 11 is 0. The highest BCUT2D eigenvalue weighted by molar-refractivity contribution is 7.89. The topological polar surface area (TPSA) is 84.9 Å². The number of nitrogens with one attached hydrogen (secondary N) is 1. The van der Waals surface area contributed by atoms with Crippen LogP contribution in [0.1, 0.15) is 38.2 Å². The molecule has 1 aliphatic heterocycles. The van der Waals surface area contributed by atoms with Crippen LogP contribution in [0.2, 0.25) is 0 Å². The number of nitrogens with zero attached hydrogens (tertiary/aromatic N) is 1. The van der Waals surface area contributed by atoms with E-state index in [4.69, 9.17) is 9.47 Å². The van der Waals surface area contributed by atoms with Crippen molar-refractivity contribution >= 4 is 21.6 Å². The Morgan fingerprint density at radius 2 is 1.81 bits per heavy atom. The van der Waals surface area contributed by atoms with E-state index in [0.29, 0.717) is 36.6 Å². The molecule has 8 heteroatoms. The predicted octanol–water partition coefficient (Wildman–Crippen LogP) is 3.87. The third kappa shape index (κ3) is 5.02. The minimum absolute atomic E-state index is 0.123. The molecule has 1 heterocycles. The first-order chi connectivity index (χ1) is 14.8. The molecule has 3 rings (SSSR count). The summed E-state index contributed by atoms with van der Waals surface area (Å²) in [5.41, 5.74) is 1.49. The zero-order chi connectivity index (χ0) is 22.6. The van der Waals surface area contributed by atoms with E-state index < -0.39 is 15.9 Å². The number of carbonyl (C=O) groups is 1. The molecule has 168 valence electrons. The van der Waals surface area contributed by atoms with Gasteiger partial charge in [0, 0.05) is 13.1 Å². The van der Waals surface area contributed by atoms with Gasteiger partial charge in [0.2, 0.25) is 15.9 Å². The van der Waals surface area contributed by atoms with Crippen LogP contribution in [0.25, 0.3) is 0 Å². The van der Waals surface area contributed by atoms with Gasteiger partial charge in [-0.25, -0.2) is 8.42 Å². The Balaban J connectivity index is 1.82. The normalized spacial score (nSPS) is 17.4. The van der Waals surface area contributed by atoms with Gasteiger partial charge in [-0.3, -0.25) is 4.79 Å². The maximum Gasteiger partial charge on any atom is 0.246 e. The highest BCUT2D eigenvalue weighted by Crippen LogP contribution is 2.33. The molecule has 2 aromatic carbocycles. The van der Waals surface area contributed by atoms with Crippen LogP contribution in [-0.4, -0.2) is 45.9 Å². The van der Waals surface area contributed by atoms with Crippen molar-refractivity contribution in [1.82, 2.24) is 4.31 Å². The van der Waals surface area contributed by atoms with Crippen molar-refractivity contribution in [3.8, 4) is 11.5 Å². The number of hydrogen-bond donors (Lipinski definition) is 1. The zero-order valence-electron chi connectivity index (χ0n) is 18.4. The number of anilines is 1. The van der Waals surface area contributed by atoms with Crippen LogP contribution in [0.3, 0.4) is 0 Å². The summed E-state index contributed by atoms with van der Waals surface area (Å²) in [4.78, 5) is 13.0. The van der Waals surface area contributed by atoms with E-state index in [1.54, 1.807) is 31.4 Å². The molecular weight excluding hydrogens is 416 g/mol. The molecule has 0 spiro atoms. The van der Waals surface area contributed by atoms with Gasteiger partial charge in [-0.2, -0.15) is 4.31 Å². The number of para-hydroxylation sites is 2. The van der Waals surface area contributed by atoms with Crippen LogP contribution in [0.4, 0.5) is 5.69 Å². The maximum absolute atomic E-state index is 13.5. The molecule has 2 aromatic rings. The monoisotopic (exact) mass is 446 g/mol. The molecule has 0 bridgehead atoms. The average molecular weight is 447 g/mol. The van der Waals surface area contributed by atoms with Crippen LogP contribution < -0.4 is 14.8 Å². The average Bonchev–Trinajstić information content (AvgIpc) is 2.78. The van der Waals surface area contributed by atoms with Crippen LogP contribution in [0.15, 0.2) is 47.4 Å². The Kier molecular flexibility index (Phi) is 7.23. The molecule has 0 aliphatic carbocycles. The van der Waals surface area contributed by atoms with Gasteiger partial charge in [0.25, 0.3) is 0 Å². The zero-order valence-corrected chi connectivity index (χ0v) is 19.2. The third-order valence-corrected chi connectivity index (χ3v) is 7.48. The number of methoxy groups -OCH3 is 2. The van der Waals surface area contributed by atoms with Crippen LogP contribution in [0, 0.1) is 5.92 Å². The fourth-order valence-electron chi connectivity index (χ4n) is 3.75. The standard InChI is InChI=1S/C23H30N2O5S/c1-16(2)17-11-12-21(30-4)22(14-17)31(27,28)25-13-7-8-18(15-25)23(26)24-19-9-5-6-10-20(19)29-3/h5-6,9-12,14,16,18H,7-8,13,15H2,1-4H3,(H,24,26)/t18-/m1/s1. The number of piperidine rings is 1. The lowest BCUT2D eigenvalue weighted by Crippen LogP contribution is -2.43. The lowest BCUT2D eigenvalue weighted by atomic mass is 9.98. The molecule has 1 atom stereocenters. The van der Waals surface area contributed by atoms with Gasteiger partial charge < -0.3 is 14.8 Å². The van der Waals surface area contributed by atoms with Crippen LogP contribution in [0.5, 0.6) is 11.5 Å². The number of sulfonamides is 1. The third-order valence-electron chi connectivity index (χ3n) is 5.59. The Morgan fingerprint density at radius 1 is 1.10 bits per heavy atom. The number of ether oxygens (including phenoxy) is 2. The van der Waals surface area contributed by atoms with Crippen molar-refractivity contribution in [2.75, 3.05) is 32.6 Å². The molecule has 31 heavy (non-hydrogen) atoms. The van der Waals surface area contributed by atoms with Gasteiger partial charge in [-0.05, 0) is 48.6 Å². The van der Waals surface area contributed by atoms with E-state index in [1.807, 2.05) is 32.0 Å². The molecule has 7 nitrogen and oxygen atoms in total. The summed E-state index contributed by atoms with van der Waals surface area (Å²) in [6.07, 6.45) is 1.23. The molecule has 1 amide bonds. The molecule has 0 unspecified atom stereocenters. The second kappa shape index (κ2) is 9.70. The van der Waals surface area contributed by atoms with Gasteiger partial charge in [0.15, 0.2) is 0 Å². The number of amides is 1. The Hall–Kier alpha value is -2.58. The van der Waals surface area contributed by atoms with Gasteiger partial charge in [0.05, 0.1) is 25.8 Å². The number of benzene rings is 2. The SMILES string of the molecule is COc1ccccc1NC(=O)[C@@H]1CCCN(S(=O)(=O)c2cc(C(C)C)ccc2OC)C1. The van der Waals surface area contributed by atoms with Gasteiger partial charge >= 0.3 is 0 Å². The predicted molar refractivity (Wildman–Crippen MR) is 120 cm³/mol. The van der Waals surface area contributed by atoms with Crippen molar-refractivity contribution in [3.63, 3.8) is 0 Å². The second-order valence-electron chi connectivity index (χ2n) is 7.96. The summed E-state index contributed by atoms with van der Waals surface area (Å²) in [5.74, 6) is 0.386. The fourth-order valence-corrected chi connectivity index (χ4v) is 5.46. The quantitative estimate of drug-likeness (QED) is 0.698. The summed E-state index contributed by atoms with van der Waals surface area (Å²) in [7, 11) is -0.808. The van der Waals surface area contributed by atoms with Crippen LogP contribution >= 0.6 is 0 Å². The molecule has 0 radical (unpaired) electrons. The highest BCUT2D eigenvalue weighted by Gasteiger charge is 2.35. The molecular formula is C23H30N2O5S. The molecule has 1 fully saturated rings. The summed E-state index contributed by atoms with van der Waals surface area (Å²) in [5, 5.41) is 2.88. The first kappa shape index (κ1) is 23.1. The van der Waals surface area contributed by atoms with Crippen LogP contribution in [-0.2, 0) is 14.8 Å². The molecule has 1 N–H and O–H groups in total. The number of hydrogen-bond acceptors (Lipinski definition) is 5. The van der Waals surface area contributed by atoms with Gasteiger partial charge in [0.1, 0.15) is 16.4 Å².